The van der Waals surface area contributed by atoms with Gasteiger partial charge in [-0.05, 0) is 118 Å². The van der Waals surface area contributed by atoms with Crippen LogP contribution in [0.4, 0.5) is 9.59 Å². The maximum atomic E-state index is 13.0. The summed E-state index contributed by atoms with van der Waals surface area (Å²) >= 11 is 0. The maximum Gasteiger partial charge on any atom is 0.424 e. The molecule has 0 unspecified atom stereocenters. The van der Waals surface area contributed by atoms with E-state index < -0.39 is 6.09 Å². The zero-order valence-corrected chi connectivity index (χ0v) is 39.0. The summed E-state index contributed by atoms with van der Waals surface area (Å²) in [4.78, 5) is 40.5. The Balaban J connectivity index is 0.000000158. The van der Waals surface area contributed by atoms with Gasteiger partial charge in [-0.2, -0.15) is 0 Å². The average Bonchev–Trinajstić information content (AvgIpc) is 4.10. The lowest BCUT2D eigenvalue weighted by molar-refractivity contribution is 0.132. The third-order valence-corrected chi connectivity index (χ3v) is 12.2. The number of piperidine rings is 2. The Bertz CT molecular complexity index is 2530. The lowest BCUT2D eigenvalue weighted by atomic mass is 10.0. The van der Waals surface area contributed by atoms with E-state index in [4.69, 9.17) is 14.2 Å². The first-order chi connectivity index (χ1) is 32.8. The van der Waals surface area contributed by atoms with Crippen LogP contribution < -0.4 is 19.5 Å². The van der Waals surface area contributed by atoms with Gasteiger partial charge in [-0.15, -0.1) is 0 Å². The van der Waals surface area contributed by atoms with Crippen molar-refractivity contribution in [3.05, 3.63) is 176 Å². The largest absolute Gasteiger partial charge is 0.497 e. The van der Waals surface area contributed by atoms with Crippen LogP contribution in [0.2, 0.25) is 0 Å². The second-order valence-electron chi connectivity index (χ2n) is 16.7. The van der Waals surface area contributed by atoms with E-state index in [1.165, 1.54) is 48.0 Å². The van der Waals surface area contributed by atoms with Gasteiger partial charge >= 0.3 is 12.1 Å². The molecule has 1 N–H and O–H groups in total. The Morgan fingerprint density at radius 1 is 0.582 bits per heavy atom. The number of hydrogen-bond acceptors (Lipinski definition) is 10. The molecule has 0 spiro atoms. The lowest BCUT2D eigenvalue weighted by Crippen LogP contribution is -2.46. The molecule has 0 saturated carbocycles. The summed E-state index contributed by atoms with van der Waals surface area (Å²) in [6.07, 6.45) is 10.5. The van der Waals surface area contributed by atoms with Crippen LogP contribution in [0.15, 0.2) is 165 Å². The van der Waals surface area contributed by atoms with Gasteiger partial charge in [0, 0.05) is 68.8 Å². The van der Waals surface area contributed by atoms with E-state index in [9.17, 15) is 9.59 Å². The van der Waals surface area contributed by atoms with E-state index in [-0.39, 0.29) is 12.1 Å². The van der Waals surface area contributed by atoms with E-state index in [1.807, 2.05) is 72.6 Å². The topological polar surface area (TPSA) is 119 Å². The molecule has 5 aromatic carbocycles. The van der Waals surface area contributed by atoms with Gasteiger partial charge in [0.05, 0.1) is 25.6 Å². The van der Waals surface area contributed by atoms with Gasteiger partial charge in [-0.1, -0.05) is 78.9 Å². The van der Waals surface area contributed by atoms with Crippen molar-refractivity contribution in [1.29, 1.82) is 0 Å². The molecule has 13 nitrogen and oxygen atoms in total. The first-order valence-electron chi connectivity index (χ1n) is 22.9. The number of ether oxygens (including phenoxy) is 3. The molecule has 7 aromatic rings. The quantitative estimate of drug-likeness (QED) is 0.135. The van der Waals surface area contributed by atoms with E-state index in [2.05, 4.69) is 86.7 Å². The molecule has 0 atom stereocenters. The van der Waals surface area contributed by atoms with E-state index in [0.29, 0.717) is 11.4 Å². The first-order valence-corrected chi connectivity index (χ1v) is 22.9. The summed E-state index contributed by atoms with van der Waals surface area (Å²) in [6.45, 7) is 6.52. The molecule has 2 aliphatic rings. The molecule has 0 bridgehead atoms. The number of nitrogens with zero attached hydrogens (tertiary/aromatic N) is 7. The molecular weight excluding hydrogens is 841 g/mol. The molecule has 67 heavy (non-hydrogen) atoms. The Labute approximate surface area is 394 Å². The molecule has 9 rings (SSSR count). The van der Waals surface area contributed by atoms with Crippen molar-refractivity contribution in [3.8, 4) is 39.8 Å². The average molecular weight is 903 g/mol. The predicted molar refractivity (Wildman–Crippen MR) is 263 cm³/mol. The van der Waals surface area contributed by atoms with Crippen LogP contribution in [-0.4, -0.2) is 113 Å². The van der Waals surface area contributed by atoms with Crippen LogP contribution in [0, 0.1) is 0 Å². The number of aromatic nitrogens is 4. The predicted octanol–water partition coefficient (Wildman–Crippen LogP) is 9.60. The Morgan fingerprint density at radius 2 is 1.01 bits per heavy atom. The lowest BCUT2D eigenvalue weighted by Gasteiger charge is -2.36. The van der Waals surface area contributed by atoms with Crippen molar-refractivity contribution in [2.45, 2.75) is 50.9 Å². The monoisotopic (exact) mass is 902 g/mol. The molecular formula is C54H62N8O5. The molecule has 4 heterocycles. The molecule has 0 radical (unpaired) electrons. The van der Waals surface area contributed by atoms with E-state index in [0.717, 1.165) is 73.4 Å². The van der Waals surface area contributed by atoms with Gasteiger partial charge in [0.2, 0.25) is 0 Å². The van der Waals surface area contributed by atoms with E-state index in [1.54, 1.807) is 61.8 Å². The number of methoxy groups -OCH3 is 2. The highest BCUT2D eigenvalue weighted by atomic mass is 16.6. The SMILES string of the molecule is CNC1CCN(Cc2ccccc2)CC1.COc1ccc(-c2cn(C(=O)N(C)C3CCN(Cc4ccccc4)CC3)cn2)cc1.COc1ccc(-c2cn(C(=O)Oc3ccccc3)cn2)cc1. The number of carbonyl (C=O) groups excluding carboxylic acids is 2. The van der Waals surface area contributed by atoms with Gasteiger partial charge in [-0.3, -0.25) is 14.4 Å². The zero-order chi connectivity index (χ0) is 46.8. The number of benzene rings is 5. The highest BCUT2D eigenvalue weighted by molar-refractivity contribution is 5.78. The normalized spacial score (nSPS) is 14.4. The fraction of sp³-hybridized carbons (Fsp3) is 0.296. The smallest absolute Gasteiger partial charge is 0.424 e. The fourth-order valence-electron chi connectivity index (χ4n) is 8.18. The molecule has 2 aromatic heterocycles. The Kier molecular flexibility index (Phi) is 17.5. The van der Waals surface area contributed by atoms with Crippen molar-refractivity contribution in [3.63, 3.8) is 0 Å². The minimum atomic E-state index is -0.501. The molecule has 2 saturated heterocycles. The molecule has 2 fully saturated rings. The van der Waals surface area contributed by atoms with Crippen LogP contribution >= 0.6 is 0 Å². The van der Waals surface area contributed by atoms with Gasteiger partial charge in [-0.25, -0.2) is 24.1 Å². The fourth-order valence-corrected chi connectivity index (χ4v) is 8.18. The van der Waals surface area contributed by atoms with Crippen LogP contribution in [0.1, 0.15) is 36.8 Å². The van der Waals surface area contributed by atoms with Crippen LogP contribution in [0.5, 0.6) is 17.2 Å². The Morgan fingerprint density at radius 3 is 1.48 bits per heavy atom. The second kappa shape index (κ2) is 24.5. The minimum Gasteiger partial charge on any atom is -0.497 e. The summed E-state index contributed by atoms with van der Waals surface area (Å²) < 4.78 is 18.5. The first kappa shape index (κ1) is 47.9. The standard InChI is InChI=1S/C24H28N4O2.C17H14N2O3.C13H20N2/c1-26(21-12-14-27(15-13-21)16-19-6-4-3-5-7-19)24(29)28-17-23(25-18-28)20-8-10-22(30-2)11-9-20;1-21-14-9-7-13(8-10-14)16-11-19(12-18-16)17(20)22-15-5-3-2-4-6-15;1-14-13-7-9-15(10-8-13)11-12-5-3-2-4-6-12/h3-11,17-18,21H,12-16H2,1-2H3;2-12H,1H3;2-6,13-14H,7-11H2,1H3. The number of likely N-dealkylation sites (tertiary alicyclic amines) is 2. The summed E-state index contributed by atoms with van der Waals surface area (Å²) in [5.74, 6) is 2.06. The molecule has 13 heteroatoms. The molecule has 1 amide bonds. The van der Waals surface area contributed by atoms with Gasteiger partial charge in [0.15, 0.2) is 0 Å². The van der Waals surface area contributed by atoms with Crippen molar-refractivity contribution < 1.29 is 23.8 Å². The molecule has 348 valence electrons. The van der Waals surface area contributed by atoms with Crippen molar-refractivity contribution in [2.24, 2.45) is 0 Å². The third-order valence-electron chi connectivity index (χ3n) is 12.2. The van der Waals surface area contributed by atoms with Crippen LogP contribution in [0.25, 0.3) is 22.5 Å². The van der Waals surface area contributed by atoms with E-state index >= 15 is 0 Å². The van der Waals surface area contributed by atoms with Crippen LogP contribution in [-0.2, 0) is 13.1 Å². The van der Waals surface area contributed by atoms with Crippen LogP contribution in [0.3, 0.4) is 0 Å². The summed E-state index contributed by atoms with van der Waals surface area (Å²) in [7, 11) is 7.22. The summed E-state index contributed by atoms with van der Waals surface area (Å²) in [6, 6.07) is 46.3. The number of nitrogens with one attached hydrogen (secondary N) is 1. The zero-order valence-electron chi connectivity index (χ0n) is 39.0. The number of imidazole rings is 2. The highest BCUT2D eigenvalue weighted by Gasteiger charge is 2.26. The highest BCUT2D eigenvalue weighted by Crippen LogP contribution is 2.24. The maximum absolute atomic E-state index is 13.0. The van der Waals surface area contributed by atoms with Crippen molar-refractivity contribution in [1.82, 2.24) is 39.1 Å². The van der Waals surface area contributed by atoms with Gasteiger partial charge in [0.25, 0.3) is 0 Å². The van der Waals surface area contributed by atoms with Crippen molar-refractivity contribution in [2.75, 3.05) is 54.5 Å². The number of amides is 1. The minimum absolute atomic E-state index is 0.0382. The molecule has 0 aliphatic carbocycles. The number of para-hydroxylation sites is 1. The van der Waals surface area contributed by atoms with Gasteiger partial charge < -0.3 is 24.4 Å². The van der Waals surface area contributed by atoms with Gasteiger partial charge in [0.1, 0.15) is 29.9 Å². The number of hydrogen-bond donors (Lipinski definition) is 1. The second-order valence-corrected chi connectivity index (χ2v) is 16.7. The summed E-state index contributed by atoms with van der Waals surface area (Å²) in [5.41, 5.74) is 6.08. The Hall–Kier alpha value is -7.06. The summed E-state index contributed by atoms with van der Waals surface area (Å²) in [5, 5.41) is 3.36. The molecule has 2 aliphatic heterocycles. The van der Waals surface area contributed by atoms with Crippen molar-refractivity contribution >= 4 is 12.1 Å². The number of rotatable bonds is 11. The third kappa shape index (κ3) is 14.0. The number of carbonyl (C=O) groups is 2.